The van der Waals surface area contributed by atoms with E-state index in [1.165, 1.54) is 0 Å². The Morgan fingerprint density at radius 2 is 1.87 bits per heavy atom. The Morgan fingerprint density at radius 1 is 1.33 bits per heavy atom. The number of hydrogen-bond acceptors (Lipinski definition) is 3. The van der Waals surface area contributed by atoms with Gasteiger partial charge < -0.3 is 14.6 Å². The fourth-order valence-electron chi connectivity index (χ4n) is 1.75. The van der Waals surface area contributed by atoms with Gasteiger partial charge in [-0.25, -0.2) is 0 Å². The van der Waals surface area contributed by atoms with Gasteiger partial charge in [0.25, 0.3) is 0 Å². The van der Waals surface area contributed by atoms with Crippen LogP contribution >= 0.6 is 0 Å². The molecular weight excluding hydrogens is 192 g/mol. The molecule has 1 aromatic carbocycles. The van der Waals surface area contributed by atoms with Crippen LogP contribution in [-0.2, 0) is 11.2 Å². The number of carbonyl (C=O) groups is 1. The molecule has 1 rings (SSSR count). The molecule has 0 aromatic heterocycles. The third kappa shape index (κ3) is 2.98. The number of methoxy groups -OCH3 is 1. The van der Waals surface area contributed by atoms with Crippen molar-refractivity contribution in [2.24, 2.45) is 0 Å². The summed E-state index contributed by atoms with van der Waals surface area (Å²) in [6, 6.07) is 3.91. The van der Waals surface area contributed by atoms with Gasteiger partial charge in [0.2, 0.25) is 0 Å². The normalized spacial score (nSPS) is 10.1. The Kier molecular flexibility index (Phi) is 3.72. The first-order chi connectivity index (χ1) is 7.04. The number of aliphatic carboxylic acids is 1. The highest BCUT2D eigenvalue weighted by Gasteiger charge is 2.04. The summed E-state index contributed by atoms with van der Waals surface area (Å²) >= 11 is 0. The average Bonchev–Trinajstić information content (AvgIpc) is 2.14. The van der Waals surface area contributed by atoms with Crippen molar-refractivity contribution in [3.63, 3.8) is 0 Å². The van der Waals surface area contributed by atoms with Gasteiger partial charge in [-0.05, 0) is 43.4 Å². The van der Waals surface area contributed by atoms with Gasteiger partial charge in [-0.15, -0.1) is 0 Å². The highest BCUT2D eigenvalue weighted by atomic mass is 16.5. The van der Waals surface area contributed by atoms with Gasteiger partial charge in [-0.3, -0.25) is 0 Å². The Labute approximate surface area is 89.7 Å². The van der Waals surface area contributed by atoms with Crippen LogP contribution in [0.5, 0.6) is 5.75 Å². The van der Waals surface area contributed by atoms with Crippen molar-refractivity contribution in [1.29, 1.82) is 0 Å². The zero-order valence-electron chi connectivity index (χ0n) is 9.29. The van der Waals surface area contributed by atoms with Gasteiger partial charge in [0.15, 0.2) is 0 Å². The third-order valence-corrected chi connectivity index (χ3v) is 2.34. The molecule has 0 N–H and O–H groups in total. The smallest absolute Gasteiger partial charge is 0.124 e. The van der Waals surface area contributed by atoms with E-state index in [0.29, 0.717) is 6.42 Å². The second-order valence-electron chi connectivity index (χ2n) is 3.63. The van der Waals surface area contributed by atoms with E-state index in [9.17, 15) is 9.90 Å². The highest BCUT2D eigenvalue weighted by Crippen LogP contribution is 2.24. The lowest BCUT2D eigenvalue weighted by atomic mass is 10.0. The number of aryl methyl sites for hydroxylation is 3. The fraction of sp³-hybridized carbons (Fsp3) is 0.417. The van der Waals surface area contributed by atoms with Crippen LogP contribution in [0.4, 0.5) is 0 Å². The summed E-state index contributed by atoms with van der Waals surface area (Å²) in [6.07, 6.45) is 0.569. The molecule has 3 nitrogen and oxygen atoms in total. The molecular formula is C12H15O3-. The lowest BCUT2D eigenvalue weighted by molar-refractivity contribution is -0.305. The molecule has 0 aliphatic carbocycles. The summed E-state index contributed by atoms with van der Waals surface area (Å²) in [5, 5.41) is 10.3. The molecule has 0 fully saturated rings. The predicted octanol–water partition coefficient (Wildman–Crippen LogP) is 0.995. The van der Waals surface area contributed by atoms with Crippen molar-refractivity contribution in [3.05, 3.63) is 28.8 Å². The van der Waals surface area contributed by atoms with E-state index >= 15 is 0 Å². The predicted molar refractivity (Wildman–Crippen MR) is 55.8 cm³/mol. The first-order valence-electron chi connectivity index (χ1n) is 4.88. The summed E-state index contributed by atoms with van der Waals surface area (Å²) < 4.78 is 5.23. The number of ether oxygens (including phenoxy) is 1. The second-order valence-corrected chi connectivity index (χ2v) is 3.63. The van der Waals surface area contributed by atoms with Gasteiger partial charge in [-0.2, -0.15) is 0 Å². The van der Waals surface area contributed by atoms with Crippen molar-refractivity contribution in [2.45, 2.75) is 26.7 Å². The van der Waals surface area contributed by atoms with E-state index in [2.05, 4.69) is 0 Å². The van der Waals surface area contributed by atoms with E-state index in [0.717, 1.165) is 22.4 Å². The van der Waals surface area contributed by atoms with Crippen molar-refractivity contribution in [3.8, 4) is 5.75 Å². The average molecular weight is 207 g/mol. The van der Waals surface area contributed by atoms with Crippen LogP contribution < -0.4 is 9.84 Å². The van der Waals surface area contributed by atoms with Crippen LogP contribution in [0.15, 0.2) is 12.1 Å². The minimum atomic E-state index is -1.01. The summed E-state index contributed by atoms with van der Waals surface area (Å²) in [5.74, 6) is -0.145. The van der Waals surface area contributed by atoms with E-state index in [4.69, 9.17) is 4.74 Å². The molecule has 0 heterocycles. The Hall–Kier alpha value is -1.51. The van der Waals surface area contributed by atoms with E-state index in [-0.39, 0.29) is 6.42 Å². The molecule has 0 bridgehead atoms. The Morgan fingerprint density at radius 3 is 2.27 bits per heavy atom. The number of carbonyl (C=O) groups excluding carboxylic acids is 1. The van der Waals surface area contributed by atoms with Gasteiger partial charge in [-0.1, -0.05) is 12.1 Å². The summed E-state index contributed by atoms with van der Waals surface area (Å²) in [7, 11) is 1.64. The zero-order chi connectivity index (χ0) is 11.4. The van der Waals surface area contributed by atoms with Crippen LogP contribution in [0.3, 0.4) is 0 Å². The van der Waals surface area contributed by atoms with Gasteiger partial charge >= 0.3 is 0 Å². The summed E-state index contributed by atoms with van der Waals surface area (Å²) in [4.78, 5) is 10.3. The van der Waals surface area contributed by atoms with Crippen LogP contribution in [0.2, 0.25) is 0 Å². The van der Waals surface area contributed by atoms with Crippen molar-refractivity contribution in [2.75, 3.05) is 7.11 Å². The van der Waals surface area contributed by atoms with Gasteiger partial charge in [0.1, 0.15) is 5.75 Å². The third-order valence-electron chi connectivity index (χ3n) is 2.34. The van der Waals surface area contributed by atoms with E-state index < -0.39 is 5.97 Å². The molecule has 0 atom stereocenters. The first kappa shape index (κ1) is 11.6. The topological polar surface area (TPSA) is 49.4 Å². The molecule has 82 valence electrons. The van der Waals surface area contributed by atoms with Gasteiger partial charge in [0.05, 0.1) is 7.11 Å². The molecule has 0 saturated carbocycles. The molecule has 0 saturated heterocycles. The van der Waals surface area contributed by atoms with Crippen LogP contribution in [-0.4, -0.2) is 13.1 Å². The molecule has 0 aliphatic rings. The standard InChI is InChI=1S/C12H16O3/c1-8-6-10(4-5-11(13)14)7-9(2)12(8)15-3/h6-7H,4-5H2,1-3H3,(H,13,14)/p-1. The Balaban J connectivity index is 2.88. The number of carboxylic acids is 1. The molecule has 0 spiro atoms. The SMILES string of the molecule is COc1c(C)cc(CCC(=O)[O-])cc1C. The molecule has 15 heavy (non-hydrogen) atoms. The monoisotopic (exact) mass is 207 g/mol. The second kappa shape index (κ2) is 4.82. The highest BCUT2D eigenvalue weighted by molar-refractivity contribution is 5.64. The number of rotatable bonds is 4. The van der Waals surface area contributed by atoms with Crippen molar-refractivity contribution < 1.29 is 14.6 Å². The summed E-state index contributed by atoms with van der Waals surface area (Å²) in [6.45, 7) is 3.91. The first-order valence-corrected chi connectivity index (χ1v) is 4.88. The van der Waals surface area contributed by atoms with Crippen LogP contribution in [0.1, 0.15) is 23.1 Å². The zero-order valence-corrected chi connectivity index (χ0v) is 9.29. The number of benzene rings is 1. The lowest BCUT2D eigenvalue weighted by Gasteiger charge is -2.11. The Bertz CT molecular complexity index is 346. The molecule has 3 heteroatoms. The van der Waals surface area contributed by atoms with E-state index in [1.807, 2.05) is 26.0 Å². The largest absolute Gasteiger partial charge is 0.550 e. The van der Waals surface area contributed by atoms with Crippen molar-refractivity contribution in [1.82, 2.24) is 0 Å². The maximum Gasteiger partial charge on any atom is 0.124 e. The minimum absolute atomic E-state index is 0.0607. The molecule has 0 unspecified atom stereocenters. The molecule has 1 aromatic rings. The summed E-state index contributed by atoms with van der Waals surface area (Å²) in [5.41, 5.74) is 3.08. The van der Waals surface area contributed by atoms with Crippen LogP contribution in [0.25, 0.3) is 0 Å². The lowest BCUT2D eigenvalue weighted by Crippen LogP contribution is -2.22. The maximum absolute atomic E-state index is 10.3. The quantitative estimate of drug-likeness (QED) is 0.740. The fourth-order valence-corrected chi connectivity index (χ4v) is 1.75. The minimum Gasteiger partial charge on any atom is -0.550 e. The maximum atomic E-state index is 10.3. The molecule has 0 amide bonds. The number of carboxylic acid groups (broad SMARTS) is 1. The van der Waals surface area contributed by atoms with Crippen molar-refractivity contribution >= 4 is 5.97 Å². The van der Waals surface area contributed by atoms with E-state index in [1.54, 1.807) is 7.11 Å². The number of hydrogen-bond donors (Lipinski definition) is 0. The van der Waals surface area contributed by atoms with Crippen LogP contribution in [0, 0.1) is 13.8 Å². The molecule has 0 aliphatic heterocycles. The molecule has 0 radical (unpaired) electrons. The van der Waals surface area contributed by atoms with Gasteiger partial charge in [0, 0.05) is 5.97 Å².